The molecule has 2 aliphatic rings. The molecule has 3 heterocycles. The molecule has 0 bridgehead atoms. The number of ether oxygens (including phenoxy) is 2. The molecule has 3 rings (SSSR count). The molecule has 0 saturated carbocycles. The lowest BCUT2D eigenvalue weighted by atomic mass is 10.2. The normalized spacial score (nSPS) is 20.4. The number of piperazine rings is 1. The lowest BCUT2D eigenvalue weighted by Gasteiger charge is -2.37. The van der Waals surface area contributed by atoms with Crippen LogP contribution in [-0.2, 0) is 20.8 Å². The first kappa shape index (κ1) is 20.2. The van der Waals surface area contributed by atoms with Crippen LogP contribution in [0.2, 0.25) is 0 Å². The van der Waals surface area contributed by atoms with Crippen LogP contribution in [0, 0.1) is 6.92 Å². The summed E-state index contributed by atoms with van der Waals surface area (Å²) in [5.41, 5.74) is 0.426. The van der Waals surface area contributed by atoms with Gasteiger partial charge in [-0.15, -0.1) is 0 Å². The van der Waals surface area contributed by atoms with Crippen LogP contribution in [-0.4, -0.2) is 80.7 Å². The molecular weight excluding hydrogens is 364 g/mol. The number of rotatable bonds is 4. The van der Waals surface area contributed by atoms with Crippen LogP contribution in [0.1, 0.15) is 34.7 Å². The summed E-state index contributed by atoms with van der Waals surface area (Å²) in [5, 5.41) is 3.25. The van der Waals surface area contributed by atoms with E-state index in [0.717, 1.165) is 18.8 Å². The molecule has 28 heavy (non-hydrogen) atoms. The van der Waals surface area contributed by atoms with E-state index < -0.39 is 5.97 Å². The number of amides is 1. The van der Waals surface area contributed by atoms with Gasteiger partial charge in [-0.05, 0) is 25.8 Å². The first-order valence-electron chi connectivity index (χ1n) is 9.57. The van der Waals surface area contributed by atoms with Gasteiger partial charge in [0.15, 0.2) is 5.96 Å². The summed E-state index contributed by atoms with van der Waals surface area (Å²) >= 11 is 0. The van der Waals surface area contributed by atoms with E-state index in [4.69, 9.17) is 13.9 Å². The molecule has 1 unspecified atom stereocenters. The number of methoxy groups -OCH3 is 1. The number of nitrogens with zero attached hydrogens (tertiary/aromatic N) is 3. The molecule has 0 radical (unpaired) electrons. The maximum Gasteiger partial charge on any atom is 0.341 e. The van der Waals surface area contributed by atoms with Gasteiger partial charge in [0.25, 0.3) is 5.91 Å². The van der Waals surface area contributed by atoms with Crippen LogP contribution in [0.3, 0.4) is 0 Å². The number of carbonyl (C=O) groups is 2. The summed E-state index contributed by atoms with van der Waals surface area (Å²) in [6.07, 6.45) is 1.50. The average molecular weight is 392 g/mol. The van der Waals surface area contributed by atoms with E-state index in [0.29, 0.717) is 56.4 Å². The Morgan fingerprint density at radius 1 is 1.29 bits per heavy atom. The number of esters is 1. The van der Waals surface area contributed by atoms with Crippen molar-refractivity contribution in [2.45, 2.75) is 32.4 Å². The lowest BCUT2D eigenvalue weighted by molar-refractivity contribution is -0.142. The van der Waals surface area contributed by atoms with Crippen molar-refractivity contribution in [3.8, 4) is 0 Å². The fourth-order valence-corrected chi connectivity index (χ4v) is 3.56. The lowest BCUT2D eigenvalue weighted by Crippen LogP contribution is -2.55. The first-order chi connectivity index (χ1) is 13.5. The fraction of sp³-hybridized carbons (Fsp3) is 0.632. The van der Waals surface area contributed by atoms with E-state index >= 15 is 0 Å². The predicted molar refractivity (Wildman–Crippen MR) is 102 cm³/mol. The second kappa shape index (κ2) is 9.09. The molecule has 0 aliphatic carbocycles. The summed E-state index contributed by atoms with van der Waals surface area (Å²) in [4.78, 5) is 32.5. The highest BCUT2D eigenvalue weighted by atomic mass is 16.5. The number of furan rings is 1. The Morgan fingerprint density at radius 2 is 2.00 bits per heavy atom. The van der Waals surface area contributed by atoms with Crippen molar-refractivity contribution in [3.63, 3.8) is 0 Å². The zero-order chi connectivity index (χ0) is 20.1. The number of guanidine groups is 1. The van der Waals surface area contributed by atoms with Crippen molar-refractivity contribution in [3.05, 3.63) is 23.2 Å². The summed E-state index contributed by atoms with van der Waals surface area (Å²) < 4.78 is 15.9. The van der Waals surface area contributed by atoms with Crippen molar-refractivity contribution in [1.29, 1.82) is 0 Å². The van der Waals surface area contributed by atoms with Gasteiger partial charge in [0.05, 0.1) is 13.7 Å². The molecule has 0 spiro atoms. The molecule has 2 aliphatic heterocycles. The molecule has 154 valence electrons. The van der Waals surface area contributed by atoms with Crippen LogP contribution in [0.15, 0.2) is 15.5 Å². The molecule has 2 fully saturated rings. The highest BCUT2D eigenvalue weighted by molar-refractivity contribution is 5.90. The minimum atomic E-state index is -0.413. The second-order valence-electron chi connectivity index (χ2n) is 6.89. The molecule has 1 atom stereocenters. The van der Waals surface area contributed by atoms with E-state index in [1.807, 2.05) is 4.90 Å². The van der Waals surface area contributed by atoms with Crippen LogP contribution in [0.4, 0.5) is 0 Å². The Morgan fingerprint density at radius 3 is 2.61 bits per heavy atom. The number of nitrogens with one attached hydrogen (secondary N) is 1. The highest BCUT2D eigenvalue weighted by Crippen LogP contribution is 2.17. The standard InChI is InChI=1S/C19H28N4O5/c1-13-15(18(25)26-3)11-14(28-13)12-21-19(20-2)23-8-6-22(7-9-23)17(24)16-5-4-10-27-16/h11,16H,4-10,12H2,1-3H3,(H,20,21). The molecule has 1 aromatic rings. The zero-order valence-corrected chi connectivity index (χ0v) is 16.7. The van der Waals surface area contributed by atoms with E-state index in [1.54, 1.807) is 20.0 Å². The van der Waals surface area contributed by atoms with Crippen LogP contribution in [0.5, 0.6) is 0 Å². The van der Waals surface area contributed by atoms with Crippen LogP contribution >= 0.6 is 0 Å². The third-order valence-corrected chi connectivity index (χ3v) is 5.10. The molecule has 2 saturated heterocycles. The minimum absolute atomic E-state index is 0.0986. The van der Waals surface area contributed by atoms with E-state index in [9.17, 15) is 9.59 Å². The van der Waals surface area contributed by atoms with Gasteiger partial charge in [0, 0.05) is 39.8 Å². The topological polar surface area (TPSA) is 96.6 Å². The number of carbonyl (C=O) groups excluding carboxylic acids is 2. The van der Waals surface area contributed by atoms with Crippen molar-refractivity contribution in [2.75, 3.05) is 46.9 Å². The predicted octanol–water partition coefficient (Wildman–Crippen LogP) is 0.773. The summed E-state index contributed by atoms with van der Waals surface area (Å²) in [7, 11) is 3.07. The average Bonchev–Trinajstić information content (AvgIpc) is 3.38. The Bertz CT molecular complexity index is 731. The van der Waals surface area contributed by atoms with Gasteiger partial charge in [-0.25, -0.2) is 4.79 Å². The van der Waals surface area contributed by atoms with Crippen molar-refractivity contribution in [1.82, 2.24) is 15.1 Å². The minimum Gasteiger partial charge on any atom is -0.465 e. The SMILES string of the molecule is CN=C(NCc1cc(C(=O)OC)c(C)o1)N1CCN(C(=O)C2CCCO2)CC1. The van der Waals surface area contributed by atoms with Gasteiger partial charge < -0.3 is 29.0 Å². The number of aliphatic imine (C=N–C) groups is 1. The molecular formula is C19H28N4O5. The first-order valence-corrected chi connectivity index (χ1v) is 9.57. The Kier molecular flexibility index (Phi) is 6.56. The molecule has 1 N–H and O–H groups in total. The van der Waals surface area contributed by atoms with Gasteiger partial charge in [0.1, 0.15) is 23.2 Å². The van der Waals surface area contributed by atoms with E-state index in [2.05, 4.69) is 15.2 Å². The number of hydrogen-bond acceptors (Lipinski definition) is 6. The summed E-state index contributed by atoms with van der Waals surface area (Å²) in [5.74, 6) is 1.58. The fourth-order valence-electron chi connectivity index (χ4n) is 3.56. The van der Waals surface area contributed by atoms with Crippen LogP contribution in [0.25, 0.3) is 0 Å². The molecule has 1 amide bonds. The largest absolute Gasteiger partial charge is 0.465 e. The van der Waals surface area contributed by atoms with Crippen molar-refractivity contribution >= 4 is 17.8 Å². The maximum absolute atomic E-state index is 12.5. The van der Waals surface area contributed by atoms with Crippen molar-refractivity contribution < 1.29 is 23.5 Å². The molecule has 9 heteroatoms. The molecule has 9 nitrogen and oxygen atoms in total. The van der Waals surface area contributed by atoms with Crippen LogP contribution < -0.4 is 5.32 Å². The smallest absolute Gasteiger partial charge is 0.341 e. The Balaban J connectivity index is 1.51. The van der Waals surface area contributed by atoms with Gasteiger partial charge in [-0.3, -0.25) is 9.79 Å². The third-order valence-electron chi connectivity index (χ3n) is 5.10. The number of aryl methyl sites for hydroxylation is 1. The Labute approximate surface area is 164 Å². The van der Waals surface area contributed by atoms with Crippen molar-refractivity contribution in [2.24, 2.45) is 4.99 Å². The molecule has 0 aromatic carbocycles. The van der Waals surface area contributed by atoms with Gasteiger partial charge in [-0.2, -0.15) is 0 Å². The maximum atomic E-state index is 12.5. The third kappa shape index (κ3) is 4.46. The molecule has 1 aromatic heterocycles. The number of hydrogen-bond donors (Lipinski definition) is 1. The van der Waals surface area contributed by atoms with Gasteiger partial charge in [-0.1, -0.05) is 0 Å². The monoisotopic (exact) mass is 392 g/mol. The second-order valence-corrected chi connectivity index (χ2v) is 6.89. The zero-order valence-electron chi connectivity index (χ0n) is 16.7. The summed E-state index contributed by atoms with van der Waals surface area (Å²) in [6.45, 7) is 5.49. The van der Waals surface area contributed by atoms with Gasteiger partial charge >= 0.3 is 5.97 Å². The van der Waals surface area contributed by atoms with E-state index in [-0.39, 0.29) is 12.0 Å². The van der Waals surface area contributed by atoms with E-state index in [1.165, 1.54) is 7.11 Å². The highest BCUT2D eigenvalue weighted by Gasteiger charge is 2.31. The summed E-state index contributed by atoms with van der Waals surface area (Å²) in [6, 6.07) is 1.68. The Hall–Kier alpha value is -2.55. The van der Waals surface area contributed by atoms with Gasteiger partial charge in [0.2, 0.25) is 0 Å². The quantitative estimate of drug-likeness (QED) is 0.459.